The van der Waals surface area contributed by atoms with E-state index in [0.717, 1.165) is 16.6 Å². The number of carbonyl (C=O) groups is 1. The first-order valence-electron chi connectivity index (χ1n) is 5.91. The first kappa shape index (κ1) is 10.3. The highest BCUT2D eigenvalue weighted by molar-refractivity contribution is 5.76. The maximum absolute atomic E-state index is 10.5. The molecule has 1 aliphatic carbocycles. The Kier molecular flexibility index (Phi) is 2.35. The van der Waals surface area contributed by atoms with E-state index in [1.807, 2.05) is 18.5 Å². The third-order valence-electron chi connectivity index (χ3n) is 3.21. The fourth-order valence-electron chi connectivity index (χ4n) is 2.13. The molecule has 1 aromatic carbocycles. The summed E-state index contributed by atoms with van der Waals surface area (Å²) in [5, 5.41) is 8.65. The second kappa shape index (κ2) is 3.87. The van der Waals surface area contributed by atoms with Crippen molar-refractivity contribution in [3.8, 4) is 0 Å². The fraction of sp³-hybridized carbons (Fsp3) is 0.385. The summed E-state index contributed by atoms with van der Waals surface area (Å²) >= 11 is 0. The van der Waals surface area contributed by atoms with E-state index in [-0.39, 0.29) is 6.42 Å². The Hall–Kier alpha value is -1.84. The third kappa shape index (κ3) is 2.02. The highest BCUT2D eigenvalue weighted by atomic mass is 16.4. The number of carboxylic acids is 1. The van der Waals surface area contributed by atoms with E-state index in [1.165, 1.54) is 12.8 Å². The zero-order chi connectivity index (χ0) is 11.8. The van der Waals surface area contributed by atoms with Crippen LogP contribution in [-0.4, -0.2) is 20.6 Å². The lowest BCUT2D eigenvalue weighted by Gasteiger charge is -2.02. The Balaban J connectivity index is 1.89. The molecule has 0 radical (unpaired) electrons. The van der Waals surface area contributed by atoms with E-state index < -0.39 is 5.97 Å². The molecule has 1 N–H and O–H groups in total. The molecule has 0 saturated heterocycles. The topological polar surface area (TPSA) is 55.1 Å². The molecule has 4 nitrogen and oxygen atoms in total. The van der Waals surface area contributed by atoms with E-state index in [9.17, 15) is 4.79 Å². The number of imidazole rings is 1. The molecule has 1 aliphatic rings. The maximum Gasteiger partial charge on any atom is 0.303 e. The average molecular weight is 230 g/mol. The standard InChI is InChI=1S/C13H14N2O2/c16-13(17)6-2-9-1-5-12-11(7-9)14-8-15(12)10-3-4-10/h1,5,7-8,10H,2-4,6H2,(H,16,17). The number of aliphatic carboxylic acids is 1. The van der Waals surface area contributed by atoms with Gasteiger partial charge in [-0.2, -0.15) is 0 Å². The summed E-state index contributed by atoms with van der Waals surface area (Å²) < 4.78 is 2.22. The zero-order valence-corrected chi connectivity index (χ0v) is 9.47. The van der Waals surface area contributed by atoms with E-state index >= 15 is 0 Å². The van der Waals surface area contributed by atoms with Gasteiger partial charge in [-0.25, -0.2) is 4.98 Å². The summed E-state index contributed by atoms with van der Waals surface area (Å²) in [5.74, 6) is -0.756. The predicted molar refractivity (Wildman–Crippen MR) is 64.0 cm³/mol. The second-order valence-corrected chi connectivity index (χ2v) is 4.60. The molecule has 0 bridgehead atoms. The summed E-state index contributed by atoms with van der Waals surface area (Å²) in [7, 11) is 0. The largest absolute Gasteiger partial charge is 0.481 e. The van der Waals surface area contributed by atoms with Crippen molar-refractivity contribution in [2.75, 3.05) is 0 Å². The van der Waals surface area contributed by atoms with Gasteiger partial charge in [0.25, 0.3) is 0 Å². The number of hydrogen-bond acceptors (Lipinski definition) is 2. The van der Waals surface area contributed by atoms with Crippen molar-refractivity contribution in [2.45, 2.75) is 31.7 Å². The van der Waals surface area contributed by atoms with E-state index in [0.29, 0.717) is 12.5 Å². The number of nitrogens with zero attached hydrogens (tertiary/aromatic N) is 2. The number of hydrogen-bond donors (Lipinski definition) is 1. The van der Waals surface area contributed by atoms with Gasteiger partial charge in [-0.05, 0) is 37.0 Å². The van der Waals surface area contributed by atoms with Crippen LogP contribution >= 0.6 is 0 Å². The molecule has 1 aromatic heterocycles. The lowest BCUT2D eigenvalue weighted by molar-refractivity contribution is -0.136. The number of aromatic nitrogens is 2. The van der Waals surface area contributed by atoms with Gasteiger partial charge < -0.3 is 9.67 Å². The second-order valence-electron chi connectivity index (χ2n) is 4.60. The van der Waals surface area contributed by atoms with Gasteiger partial charge in [0.2, 0.25) is 0 Å². The first-order valence-corrected chi connectivity index (χ1v) is 5.91. The Bertz CT molecular complexity index is 570. The van der Waals surface area contributed by atoms with Gasteiger partial charge in [0, 0.05) is 12.5 Å². The number of benzene rings is 1. The average Bonchev–Trinajstić information content (AvgIpc) is 3.07. The first-order chi connectivity index (χ1) is 8.24. The van der Waals surface area contributed by atoms with Crippen LogP contribution in [0.3, 0.4) is 0 Å². The van der Waals surface area contributed by atoms with Crippen LogP contribution in [0, 0.1) is 0 Å². The molecule has 3 rings (SSSR count). The summed E-state index contributed by atoms with van der Waals surface area (Å²) in [4.78, 5) is 14.9. The van der Waals surface area contributed by atoms with Crippen molar-refractivity contribution < 1.29 is 9.90 Å². The minimum absolute atomic E-state index is 0.175. The van der Waals surface area contributed by atoms with Gasteiger partial charge in [0.15, 0.2) is 0 Å². The van der Waals surface area contributed by atoms with Crippen molar-refractivity contribution in [2.24, 2.45) is 0 Å². The van der Waals surface area contributed by atoms with Crippen LogP contribution in [0.25, 0.3) is 11.0 Å². The molecule has 17 heavy (non-hydrogen) atoms. The van der Waals surface area contributed by atoms with Crippen molar-refractivity contribution in [1.29, 1.82) is 0 Å². The van der Waals surface area contributed by atoms with E-state index in [4.69, 9.17) is 5.11 Å². The van der Waals surface area contributed by atoms with Gasteiger partial charge in [-0.1, -0.05) is 6.07 Å². The number of fused-ring (bicyclic) bond motifs is 1. The molecular formula is C13H14N2O2. The quantitative estimate of drug-likeness (QED) is 0.877. The highest BCUT2D eigenvalue weighted by Crippen LogP contribution is 2.37. The molecule has 1 fully saturated rings. The molecule has 0 spiro atoms. The third-order valence-corrected chi connectivity index (χ3v) is 3.21. The summed E-state index contributed by atoms with van der Waals surface area (Å²) in [6.07, 6.45) is 5.12. The van der Waals surface area contributed by atoms with Gasteiger partial charge in [-0.3, -0.25) is 4.79 Å². The van der Waals surface area contributed by atoms with Gasteiger partial charge in [-0.15, -0.1) is 0 Å². The number of aryl methyl sites for hydroxylation is 1. The highest BCUT2D eigenvalue weighted by Gasteiger charge is 2.24. The van der Waals surface area contributed by atoms with Crippen LogP contribution < -0.4 is 0 Å². The minimum atomic E-state index is -0.756. The monoisotopic (exact) mass is 230 g/mol. The van der Waals surface area contributed by atoms with Gasteiger partial charge in [0.1, 0.15) is 0 Å². The van der Waals surface area contributed by atoms with Crippen LogP contribution in [0.2, 0.25) is 0 Å². The number of carboxylic acid groups (broad SMARTS) is 1. The summed E-state index contributed by atoms with van der Waals surface area (Å²) in [6.45, 7) is 0. The Morgan fingerprint density at radius 2 is 2.29 bits per heavy atom. The van der Waals surface area contributed by atoms with Crippen molar-refractivity contribution in [1.82, 2.24) is 9.55 Å². The molecule has 0 atom stereocenters. The SMILES string of the molecule is O=C(O)CCc1ccc2c(c1)ncn2C1CC1. The molecule has 2 aromatic rings. The van der Waals surface area contributed by atoms with E-state index in [2.05, 4.69) is 15.6 Å². The Labute approximate surface area is 98.9 Å². The number of rotatable bonds is 4. The van der Waals surface area contributed by atoms with Crippen LogP contribution in [0.15, 0.2) is 24.5 Å². The molecule has 88 valence electrons. The van der Waals surface area contributed by atoms with Crippen LogP contribution in [0.4, 0.5) is 0 Å². The summed E-state index contributed by atoms with van der Waals surface area (Å²) in [6, 6.07) is 6.69. The molecule has 0 unspecified atom stereocenters. The van der Waals surface area contributed by atoms with Crippen molar-refractivity contribution >= 4 is 17.0 Å². The van der Waals surface area contributed by atoms with Crippen molar-refractivity contribution in [3.05, 3.63) is 30.1 Å². The molecule has 4 heteroatoms. The zero-order valence-electron chi connectivity index (χ0n) is 9.47. The van der Waals surface area contributed by atoms with Crippen LogP contribution in [0.1, 0.15) is 30.9 Å². The molecular weight excluding hydrogens is 216 g/mol. The minimum Gasteiger partial charge on any atom is -0.481 e. The van der Waals surface area contributed by atoms with Crippen LogP contribution in [0.5, 0.6) is 0 Å². The lowest BCUT2D eigenvalue weighted by atomic mass is 10.1. The maximum atomic E-state index is 10.5. The Morgan fingerprint density at radius 3 is 3.00 bits per heavy atom. The molecule has 1 heterocycles. The fourth-order valence-corrected chi connectivity index (χ4v) is 2.13. The Morgan fingerprint density at radius 1 is 1.47 bits per heavy atom. The molecule has 0 aliphatic heterocycles. The lowest BCUT2D eigenvalue weighted by Crippen LogP contribution is -1.97. The summed E-state index contributed by atoms with van der Waals surface area (Å²) in [5.41, 5.74) is 3.17. The molecule has 0 amide bonds. The van der Waals surface area contributed by atoms with Gasteiger partial charge in [0.05, 0.1) is 17.4 Å². The normalized spacial score (nSPS) is 15.3. The van der Waals surface area contributed by atoms with Crippen molar-refractivity contribution in [3.63, 3.8) is 0 Å². The van der Waals surface area contributed by atoms with E-state index in [1.54, 1.807) is 0 Å². The van der Waals surface area contributed by atoms with Crippen LogP contribution in [-0.2, 0) is 11.2 Å². The smallest absolute Gasteiger partial charge is 0.303 e. The molecule has 1 saturated carbocycles. The van der Waals surface area contributed by atoms with Gasteiger partial charge >= 0.3 is 5.97 Å². The predicted octanol–water partition coefficient (Wildman–Crippen LogP) is 2.39.